The molecule has 9 heteroatoms. The zero-order valence-corrected chi connectivity index (χ0v) is 19.9. The first kappa shape index (κ1) is 24.1. The summed E-state index contributed by atoms with van der Waals surface area (Å²) in [4.78, 5) is 26.9. The molecule has 0 unspecified atom stereocenters. The minimum absolute atomic E-state index is 0.388. The van der Waals surface area contributed by atoms with Crippen LogP contribution in [0.15, 0.2) is 59.8 Å². The Morgan fingerprint density at radius 2 is 1.79 bits per heavy atom. The highest BCUT2D eigenvalue weighted by Crippen LogP contribution is 2.32. The van der Waals surface area contributed by atoms with Crippen molar-refractivity contribution in [3.05, 3.63) is 65.4 Å². The van der Waals surface area contributed by atoms with Crippen molar-refractivity contribution in [2.75, 3.05) is 30.9 Å². The highest BCUT2D eigenvalue weighted by molar-refractivity contribution is 7.80. The second-order valence-electron chi connectivity index (χ2n) is 7.28. The maximum atomic E-state index is 12.6. The number of allylic oxidation sites excluding steroid dienone is 1. The van der Waals surface area contributed by atoms with E-state index in [4.69, 9.17) is 21.7 Å². The summed E-state index contributed by atoms with van der Waals surface area (Å²) in [6.07, 6.45) is 0. The molecule has 174 valence electrons. The van der Waals surface area contributed by atoms with Gasteiger partial charge in [0.25, 0.3) is 0 Å². The van der Waals surface area contributed by atoms with Crippen LogP contribution in [0.25, 0.3) is 0 Å². The molecule has 1 aliphatic heterocycles. The summed E-state index contributed by atoms with van der Waals surface area (Å²) in [6.45, 7) is 6.92. The highest BCUT2D eigenvalue weighted by atomic mass is 32.1. The average molecular weight is 469 g/mol. The van der Waals surface area contributed by atoms with Gasteiger partial charge in [-0.15, -0.1) is 0 Å². The van der Waals surface area contributed by atoms with Gasteiger partial charge in [-0.3, -0.25) is 0 Å². The summed E-state index contributed by atoms with van der Waals surface area (Å²) in [5.74, 6) is 0.304. The monoisotopic (exact) mass is 468 g/mol. The molecule has 2 amide bonds. The predicted octanol–water partition coefficient (Wildman–Crippen LogP) is 4.43. The van der Waals surface area contributed by atoms with Crippen molar-refractivity contribution >= 4 is 40.7 Å². The molecule has 3 N–H and O–H groups in total. The van der Waals surface area contributed by atoms with Gasteiger partial charge in [-0.05, 0) is 75.0 Å². The van der Waals surface area contributed by atoms with E-state index in [0.717, 1.165) is 17.0 Å². The summed E-state index contributed by atoms with van der Waals surface area (Å²) in [6, 6.07) is 13.5. The number of urea groups is 1. The van der Waals surface area contributed by atoms with E-state index in [9.17, 15) is 9.59 Å². The molecule has 0 aromatic heterocycles. The van der Waals surface area contributed by atoms with Crippen LogP contribution in [0.5, 0.6) is 5.75 Å². The van der Waals surface area contributed by atoms with Crippen LogP contribution in [-0.2, 0) is 9.53 Å². The quantitative estimate of drug-likeness (QED) is 0.409. The third-order valence-corrected chi connectivity index (χ3v) is 5.56. The molecule has 1 aliphatic rings. The van der Waals surface area contributed by atoms with Crippen molar-refractivity contribution in [3.8, 4) is 5.75 Å². The summed E-state index contributed by atoms with van der Waals surface area (Å²) in [5.41, 5.74) is 3.20. The number of methoxy groups -OCH3 is 1. The van der Waals surface area contributed by atoms with E-state index < -0.39 is 12.0 Å². The standard InChI is InChI=1S/C24H28N4O4S/c1-5-28-15(3)20(22(29)31-4)21(27-24(28)33)16-8-7-9-18(14-16)26-23(30)25-17-10-12-19(13-11-17)32-6-2/h7-14,21H,5-6H2,1-4H3,(H,27,33)(H2,25,26,30)/t21-/m0/s1. The van der Waals surface area contributed by atoms with E-state index >= 15 is 0 Å². The number of thiocarbonyl (C=S) groups is 1. The number of hydrogen-bond acceptors (Lipinski definition) is 5. The topological polar surface area (TPSA) is 91.9 Å². The van der Waals surface area contributed by atoms with Gasteiger partial charge in [0.15, 0.2) is 5.11 Å². The zero-order chi connectivity index (χ0) is 24.0. The number of nitrogens with zero attached hydrogens (tertiary/aromatic N) is 1. The van der Waals surface area contributed by atoms with Gasteiger partial charge < -0.3 is 30.3 Å². The summed E-state index contributed by atoms with van der Waals surface area (Å²) in [7, 11) is 1.35. The fourth-order valence-electron chi connectivity index (χ4n) is 3.68. The molecule has 2 aromatic rings. The lowest BCUT2D eigenvalue weighted by molar-refractivity contribution is -0.136. The molecule has 1 atom stereocenters. The number of carbonyl (C=O) groups is 2. The lowest BCUT2D eigenvalue weighted by Gasteiger charge is -2.37. The van der Waals surface area contributed by atoms with Crippen LogP contribution < -0.4 is 20.7 Å². The molecule has 0 saturated heterocycles. The number of nitrogens with one attached hydrogen (secondary N) is 3. The Morgan fingerprint density at radius 1 is 1.09 bits per heavy atom. The largest absolute Gasteiger partial charge is 0.494 e. The number of benzene rings is 2. The molecule has 0 saturated carbocycles. The van der Waals surface area contributed by atoms with E-state index in [1.807, 2.05) is 37.8 Å². The molecule has 2 aromatic carbocycles. The normalized spacial score (nSPS) is 15.6. The van der Waals surface area contributed by atoms with Crippen molar-refractivity contribution in [2.24, 2.45) is 0 Å². The third-order valence-electron chi connectivity index (χ3n) is 5.22. The Labute approximate surface area is 198 Å². The molecule has 0 aliphatic carbocycles. The second kappa shape index (κ2) is 10.8. The van der Waals surface area contributed by atoms with E-state index in [2.05, 4.69) is 16.0 Å². The van der Waals surface area contributed by atoms with Crippen molar-refractivity contribution < 1.29 is 19.1 Å². The smallest absolute Gasteiger partial charge is 0.337 e. The number of anilines is 2. The van der Waals surface area contributed by atoms with Gasteiger partial charge in [0.1, 0.15) is 5.75 Å². The van der Waals surface area contributed by atoms with Crippen molar-refractivity contribution in [1.29, 1.82) is 0 Å². The lowest BCUT2D eigenvalue weighted by Crippen LogP contribution is -2.47. The molecule has 33 heavy (non-hydrogen) atoms. The highest BCUT2D eigenvalue weighted by Gasteiger charge is 2.34. The number of hydrogen-bond donors (Lipinski definition) is 3. The van der Waals surface area contributed by atoms with Gasteiger partial charge in [-0.1, -0.05) is 12.1 Å². The molecule has 3 rings (SSSR count). The first-order chi connectivity index (χ1) is 15.9. The maximum Gasteiger partial charge on any atom is 0.337 e. The van der Waals surface area contributed by atoms with Crippen molar-refractivity contribution in [2.45, 2.75) is 26.8 Å². The first-order valence-electron chi connectivity index (χ1n) is 10.7. The van der Waals surface area contributed by atoms with E-state index in [1.54, 1.807) is 36.4 Å². The molecule has 0 fully saturated rings. The van der Waals surface area contributed by atoms with Crippen LogP contribution in [0, 0.1) is 0 Å². The van der Waals surface area contributed by atoms with Gasteiger partial charge in [-0.25, -0.2) is 9.59 Å². The number of ether oxygens (including phenoxy) is 2. The summed E-state index contributed by atoms with van der Waals surface area (Å²) >= 11 is 5.50. The van der Waals surface area contributed by atoms with Gasteiger partial charge in [0, 0.05) is 23.6 Å². The van der Waals surface area contributed by atoms with E-state index in [1.165, 1.54) is 7.11 Å². The maximum absolute atomic E-state index is 12.6. The summed E-state index contributed by atoms with van der Waals surface area (Å²) in [5, 5.41) is 9.37. The number of amides is 2. The van der Waals surface area contributed by atoms with E-state index in [0.29, 0.717) is 35.2 Å². The first-order valence-corrected chi connectivity index (χ1v) is 11.1. The van der Waals surface area contributed by atoms with Crippen LogP contribution in [0.4, 0.5) is 16.2 Å². The third kappa shape index (κ3) is 5.61. The molecular weight excluding hydrogens is 440 g/mol. The minimum atomic E-state index is -0.497. The molecule has 0 bridgehead atoms. The van der Waals surface area contributed by atoms with Crippen LogP contribution in [0.2, 0.25) is 0 Å². The van der Waals surface area contributed by atoms with Crippen molar-refractivity contribution in [1.82, 2.24) is 10.2 Å². The minimum Gasteiger partial charge on any atom is -0.494 e. The Balaban J connectivity index is 1.79. The van der Waals surface area contributed by atoms with Crippen LogP contribution in [-0.4, -0.2) is 42.3 Å². The van der Waals surface area contributed by atoms with Gasteiger partial charge in [0.2, 0.25) is 0 Å². The molecule has 0 spiro atoms. The zero-order valence-electron chi connectivity index (χ0n) is 19.1. The van der Waals surface area contributed by atoms with Crippen LogP contribution >= 0.6 is 12.2 Å². The predicted molar refractivity (Wildman–Crippen MR) is 132 cm³/mol. The Bertz CT molecular complexity index is 1070. The number of esters is 1. The number of carbonyl (C=O) groups excluding carboxylic acids is 2. The fraction of sp³-hybridized carbons (Fsp3) is 0.292. The molecule has 8 nitrogen and oxygen atoms in total. The van der Waals surface area contributed by atoms with Gasteiger partial charge in [-0.2, -0.15) is 0 Å². The SMILES string of the molecule is CCOc1ccc(NC(=O)Nc2cccc([C@@H]3NC(=S)N(CC)C(C)=C3C(=O)OC)c2)cc1. The number of rotatable bonds is 7. The Kier molecular flexibility index (Phi) is 7.89. The Morgan fingerprint density at radius 3 is 2.42 bits per heavy atom. The van der Waals surface area contributed by atoms with Crippen molar-refractivity contribution in [3.63, 3.8) is 0 Å². The lowest BCUT2D eigenvalue weighted by atomic mass is 9.94. The van der Waals surface area contributed by atoms with Gasteiger partial charge in [0.05, 0.1) is 25.3 Å². The Hall–Kier alpha value is -3.59. The second-order valence-corrected chi connectivity index (χ2v) is 7.67. The summed E-state index contributed by atoms with van der Waals surface area (Å²) < 4.78 is 10.4. The molecule has 0 radical (unpaired) electrons. The average Bonchev–Trinajstić information content (AvgIpc) is 2.80. The fourth-order valence-corrected chi connectivity index (χ4v) is 4.06. The van der Waals surface area contributed by atoms with E-state index in [-0.39, 0.29) is 6.03 Å². The molecular formula is C24H28N4O4S. The van der Waals surface area contributed by atoms with Crippen LogP contribution in [0.1, 0.15) is 32.4 Å². The molecule has 1 heterocycles. The van der Waals surface area contributed by atoms with Crippen LogP contribution in [0.3, 0.4) is 0 Å². The van der Waals surface area contributed by atoms with Gasteiger partial charge >= 0.3 is 12.0 Å².